The number of nitrogens with one attached hydrogen (secondary N) is 1. The minimum absolute atomic E-state index is 0.0569. The highest BCUT2D eigenvalue weighted by atomic mass is 16.6. The molecule has 0 radical (unpaired) electrons. The van der Waals surface area contributed by atoms with Gasteiger partial charge in [0.2, 0.25) is 0 Å². The Bertz CT molecular complexity index is 688. The fourth-order valence-corrected chi connectivity index (χ4v) is 2.25. The number of non-ortho nitro benzene ring substituents is 1. The summed E-state index contributed by atoms with van der Waals surface area (Å²) >= 11 is 0. The smallest absolute Gasteiger partial charge is 0.311 e. The highest BCUT2D eigenvalue weighted by Gasteiger charge is 2.24. The first-order chi connectivity index (χ1) is 9.95. The quantitative estimate of drug-likeness (QED) is 0.514. The van der Waals surface area contributed by atoms with E-state index in [1.807, 2.05) is 20.8 Å². The molecular formula is C15H18N2O4. The van der Waals surface area contributed by atoms with Gasteiger partial charge in [-0.3, -0.25) is 14.9 Å². The average molecular weight is 290 g/mol. The fraction of sp³-hybridized carbons (Fsp3) is 0.400. The molecular weight excluding hydrogens is 272 g/mol. The van der Waals surface area contributed by atoms with E-state index >= 15 is 0 Å². The molecule has 1 N–H and O–H groups in total. The van der Waals surface area contributed by atoms with Gasteiger partial charge in [-0.15, -0.1) is 0 Å². The molecule has 0 atom stereocenters. The maximum absolute atomic E-state index is 11.8. The standard InChI is InChI=1S/C15H18N2O4/c1-4-6-12(18)21-15-13-10(16-14(15)9(2)3)7-5-8-11(13)17(19)20/h5,7-9,16H,4,6H2,1-3H3. The number of fused-ring (bicyclic) bond motifs is 1. The van der Waals surface area contributed by atoms with Crippen molar-refractivity contribution in [3.63, 3.8) is 0 Å². The summed E-state index contributed by atoms with van der Waals surface area (Å²) in [6, 6.07) is 4.77. The number of nitro benzene ring substituents is 1. The van der Waals surface area contributed by atoms with Crippen LogP contribution in [0.2, 0.25) is 0 Å². The normalized spacial score (nSPS) is 11.0. The van der Waals surface area contributed by atoms with Crippen molar-refractivity contribution in [2.75, 3.05) is 0 Å². The second kappa shape index (κ2) is 5.95. The van der Waals surface area contributed by atoms with Gasteiger partial charge >= 0.3 is 5.97 Å². The summed E-state index contributed by atoms with van der Waals surface area (Å²) in [5, 5.41) is 11.6. The van der Waals surface area contributed by atoms with Gasteiger partial charge in [0, 0.05) is 12.5 Å². The third-order valence-corrected chi connectivity index (χ3v) is 3.23. The minimum atomic E-state index is -0.461. The number of H-pyrrole nitrogens is 1. The van der Waals surface area contributed by atoms with Crippen LogP contribution in [0.5, 0.6) is 5.75 Å². The summed E-state index contributed by atoms with van der Waals surface area (Å²) in [5.41, 5.74) is 1.24. The van der Waals surface area contributed by atoms with Gasteiger partial charge in [0.15, 0.2) is 5.75 Å². The van der Waals surface area contributed by atoms with Gasteiger partial charge in [-0.1, -0.05) is 26.8 Å². The summed E-state index contributed by atoms with van der Waals surface area (Å²) in [6.07, 6.45) is 0.950. The van der Waals surface area contributed by atoms with E-state index < -0.39 is 4.92 Å². The Hall–Kier alpha value is -2.37. The van der Waals surface area contributed by atoms with Gasteiger partial charge in [0.05, 0.1) is 16.1 Å². The summed E-state index contributed by atoms with van der Waals surface area (Å²) in [5.74, 6) is -0.0365. The second-order valence-corrected chi connectivity index (χ2v) is 5.20. The number of benzene rings is 1. The Kier molecular flexibility index (Phi) is 4.26. The number of aromatic amines is 1. The van der Waals surface area contributed by atoms with Crippen LogP contribution in [0, 0.1) is 10.1 Å². The second-order valence-electron chi connectivity index (χ2n) is 5.20. The topological polar surface area (TPSA) is 85.2 Å². The third kappa shape index (κ3) is 2.89. The summed E-state index contributed by atoms with van der Waals surface area (Å²) in [6.45, 7) is 5.75. The number of carbonyl (C=O) groups excluding carboxylic acids is 1. The lowest BCUT2D eigenvalue weighted by Crippen LogP contribution is -2.08. The van der Waals surface area contributed by atoms with Crippen LogP contribution in [0.15, 0.2) is 18.2 Å². The van der Waals surface area contributed by atoms with Crippen LogP contribution in [-0.2, 0) is 4.79 Å². The van der Waals surface area contributed by atoms with Gasteiger partial charge in [0.25, 0.3) is 5.69 Å². The molecule has 112 valence electrons. The molecule has 0 fully saturated rings. The molecule has 1 heterocycles. The van der Waals surface area contributed by atoms with Crippen LogP contribution < -0.4 is 4.74 Å². The molecule has 0 saturated heterocycles. The zero-order valence-corrected chi connectivity index (χ0v) is 12.3. The van der Waals surface area contributed by atoms with Gasteiger partial charge in [-0.05, 0) is 18.4 Å². The van der Waals surface area contributed by atoms with Crippen LogP contribution in [-0.4, -0.2) is 15.9 Å². The van der Waals surface area contributed by atoms with Gasteiger partial charge in [-0.25, -0.2) is 0 Å². The SMILES string of the molecule is CCCC(=O)Oc1c(C(C)C)[nH]c2cccc([N+](=O)[O-])c12. The number of aromatic nitrogens is 1. The lowest BCUT2D eigenvalue weighted by atomic mass is 10.1. The molecule has 6 nitrogen and oxygen atoms in total. The first-order valence-corrected chi connectivity index (χ1v) is 6.95. The Balaban J connectivity index is 2.65. The van der Waals surface area contributed by atoms with Crippen molar-refractivity contribution in [2.24, 2.45) is 0 Å². The lowest BCUT2D eigenvalue weighted by Gasteiger charge is -2.08. The molecule has 21 heavy (non-hydrogen) atoms. The summed E-state index contributed by atoms with van der Waals surface area (Å²) in [7, 11) is 0. The van der Waals surface area contributed by atoms with Gasteiger partial charge in [-0.2, -0.15) is 0 Å². The first-order valence-electron chi connectivity index (χ1n) is 6.95. The van der Waals surface area contributed by atoms with E-state index in [-0.39, 0.29) is 29.7 Å². The molecule has 0 amide bonds. The Labute approximate surface area is 122 Å². The van der Waals surface area contributed by atoms with Crippen LogP contribution in [0.3, 0.4) is 0 Å². The number of rotatable bonds is 5. The van der Waals surface area contributed by atoms with E-state index in [9.17, 15) is 14.9 Å². The van der Waals surface area contributed by atoms with Crippen molar-refractivity contribution in [1.82, 2.24) is 4.98 Å². The molecule has 0 spiro atoms. The predicted octanol–water partition coefficient (Wildman–Crippen LogP) is 3.91. The van der Waals surface area contributed by atoms with Crippen molar-refractivity contribution >= 4 is 22.6 Å². The van der Waals surface area contributed by atoms with Crippen LogP contribution in [0.25, 0.3) is 10.9 Å². The maximum Gasteiger partial charge on any atom is 0.311 e. The molecule has 0 bridgehead atoms. The van der Waals surface area contributed by atoms with E-state index in [1.165, 1.54) is 6.07 Å². The first kappa shape index (κ1) is 15.0. The number of ether oxygens (including phenoxy) is 1. The number of esters is 1. The van der Waals surface area contributed by atoms with Crippen molar-refractivity contribution in [2.45, 2.75) is 39.5 Å². The molecule has 2 aromatic rings. The van der Waals surface area contributed by atoms with E-state index in [0.29, 0.717) is 23.0 Å². The Morgan fingerprint density at radius 3 is 2.71 bits per heavy atom. The van der Waals surface area contributed by atoms with Crippen LogP contribution >= 0.6 is 0 Å². The summed E-state index contributed by atoms with van der Waals surface area (Å²) in [4.78, 5) is 25.7. The van der Waals surface area contributed by atoms with E-state index in [1.54, 1.807) is 12.1 Å². The summed E-state index contributed by atoms with van der Waals surface area (Å²) < 4.78 is 5.42. The molecule has 0 aliphatic rings. The van der Waals surface area contributed by atoms with Crippen LogP contribution in [0.1, 0.15) is 45.2 Å². The number of carbonyl (C=O) groups is 1. The lowest BCUT2D eigenvalue weighted by molar-refractivity contribution is -0.383. The van der Waals surface area contributed by atoms with E-state index in [4.69, 9.17) is 4.74 Å². The maximum atomic E-state index is 11.8. The molecule has 1 aromatic carbocycles. The van der Waals surface area contributed by atoms with E-state index in [2.05, 4.69) is 4.98 Å². The highest BCUT2D eigenvalue weighted by molar-refractivity contribution is 5.97. The Morgan fingerprint density at radius 1 is 1.43 bits per heavy atom. The van der Waals surface area contributed by atoms with Crippen LogP contribution in [0.4, 0.5) is 5.69 Å². The van der Waals surface area contributed by atoms with Crippen molar-refractivity contribution in [1.29, 1.82) is 0 Å². The highest BCUT2D eigenvalue weighted by Crippen LogP contribution is 2.39. The molecule has 1 aromatic heterocycles. The third-order valence-electron chi connectivity index (χ3n) is 3.23. The molecule has 0 aliphatic heterocycles. The molecule has 6 heteroatoms. The zero-order chi connectivity index (χ0) is 15.6. The minimum Gasteiger partial charge on any atom is -0.424 e. The Morgan fingerprint density at radius 2 is 2.14 bits per heavy atom. The number of hydrogen-bond donors (Lipinski definition) is 1. The average Bonchev–Trinajstić information content (AvgIpc) is 2.78. The van der Waals surface area contributed by atoms with Gasteiger partial charge in [0.1, 0.15) is 5.39 Å². The number of nitro groups is 1. The molecule has 0 unspecified atom stereocenters. The molecule has 2 rings (SSSR count). The number of nitrogens with zero attached hydrogens (tertiary/aromatic N) is 1. The molecule has 0 aliphatic carbocycles. The monoisotopic (exact) mass is 290 g/mol. The van der Waals surface area contributed by atoms with Crippen molar-refractivity contribution in [3.05, 3.63) is 34.0 Å². The zero-order valence-electron chi connectivity index (χ0n) is 12.3. The van der Waals surface area contributed by atoms with Crippen molar-refractivity contribution < 1.29 is 14.5 Å². The van der Waals surface area contributed by atoms with E-state index in [0.717, 1.165) is 0 Å². The largest absolute Gasteiger partial charge is 0.424 e. The van der Waals surface area contributed by atoms with Gasteiger partial charge < -0.3 is 9.72 Å². The predicted molar refractivity (Wildman–Crippen MR) is 79.6 cm³/mol. The van der Waals surface area contributed by atoms with Crippen molar-refractivity contribution in [3.8, 4) is 5.75 Å². The number of hydrogen-bond acceptors (Lipinski definition) is 4. The fourth-order valence-electron chi connectivity index (χ4n) is 2.25. The molecule has 0 saturated carbocycles.